The molecular formula is C15H29NO2S. The average molecular weight is 287 g/mol. The van der Waals surface area contributed by atoms with Gasteiger partial charge in [0.2, 0.25) is 0 Å². The van der Waals surface area contributed by atoms with Gasteiger partial charge in [0.25, 0.3) is 0 Å². The van der Waals surface area contributed by atoms with Gasteiger partial charge in [-0.05, 0) is 38.1 Å². The van der Waals surface area contributed by atoms with E-state index in [1.165, 1.54) is 0 Å². The molecule has 2 unspecified atom stereocenters. The van der Waals surface area contributed by atoms with Gasteiger partial charge >= 0.3 is 5.97 Å². The number of hydrogen-bond donors (Lipinski definition) is 1. The summed E-state index contributed by atoms with van der Waals surface area (Å²) in [5.74, 6) is 1.86. The van der Waals surface area contributed by atoms with Gasteiger partial charge in [0.1, 0.15) is 5.54 Å². The molecule has 0 heterocycles. The number of ether oxygens (including phenoxy) is 1. The lowest BCUT2D eigenvalue weighted by Gasteiger charge is -2.33. The van der Waals surface area contributed by atoms with E-state index >= 15 is 0 Å². The molecule has 0 saturated heterocycles. The summed E-state index contributed by atoms with van der Waals surface area (Å²) in [6.45, 7) is 11.9. The van der Waals surface area contributed by atoms with Gasteiger partial charge < -0.3 is 10.1 Å². The Morgan fingerprint density at radius 1 is 1.37 bits per heavy atom. The maximum atomic E-state index is 12.4. The van der Waals surface area contributed by atoms with E-state index in [0.29, 0.717) is 23.7 Å². The van der Waals surface area contributed by atoms with Crippen molar-refractivity contribution in [1.29, 1.82) is 0 Å². The largest absolute Gasteiger partial charge is 0.465 e. The minimum atomic E-state index is -0.460. The number of hydrogen-bond acceptors (Lipinski definition) is 4. The summed E-state index contributed by atoms with van der Waals surface area (Å²) in [6.07, 6.45) is 2.28. The molecule has 0 bridgehead atoms. The van der Waals surface area contributed by atoms with Gasteiger partial charge in [-0.15, -0.1) is 0 Å². The predicted octanol–water partition coefficient (Wildman–Crippen LogP) is 3.09. The second-order valence-corrected chi connectivity index (χ2v) is 7.12. The van der Waals surface area contributed by atoms with Crippen LogP contribution in [0.25, 0.3) is 0 Å². The highest BCUT2D eigenvalue weighted by atomic mass is 32.2. The molecule has 19 heavy (non-hydrogen) atoms. The summed E-state index contributed by atoms with van der Waals surface area (Å²) >= 11 is 1.89. The van der Waals surface area contributed by atoms with E-state index in [1.54, 1.807) is 0 Å². The van der Waals surface area contributed by atoms with Crippen LogP contribution in [0.1, 0.15) is 47.5 Å². The highest BCUT2D eigenvalue weighted by molar-refractivity contribution is 8.00. The smallest absolute Gasteiger partial charge is 0.327 e. The Hall–Kier alpha value is -0.220. The van der Waals surface area contributed by atoms with Crippen LogP contribution in [0, 0.1) is 11.8 Å². The van der Waals surface area contributed by atoms with Crippen LogP contribution < -0.4 is 5.32 Å². The molecule has 0 aromatic carbocycles. The number of rotatable bonds is 9. The van der Waals surface area contributed by atoms with Crippen molar-refractivity contribution >= 4 is 17.7 Å². The molecule has 2 atom stereocenters. The van der Waals surface area contributed by atoms with Gasteiger partial charge in [0.05, 0.1) is 6.61 Å². The monoisotopic (exact) mass is 287 g/mol. The molecule has 1 aliphatic carbocycles. The third-order valence-electron chi connectivity index (χ3n) is 3.92. The first kappa shape index (κ1) is 16.8. The Kier molecular flexibility index (Phi) is 6.67. The third-order valence-corrected chi connectivity index (χ3v) is 5.61. The highest BCUT2D eigenvalue weighted by Gasteiger charge is 2.51. The van der Waals surface area contributed by atoms with E-state index in [0.717, 1.165) is 25.1 Å². The van der Waals surface area contributed by atoms with E-state index < -0.39 is 5.54 Å². The number of nitrogens with one attached hydrogen (secondary N) is 1. The number of likely N-dealkylation sites (N-methyl/N-ethyl adjacent to an activating group) is 1. The van der Waals surface area contributed by atoms with Crippen molar-refractivity contribution in [2.24, 2.45) is 11.8 Å². The first-order valence-electron chi connectivity index (χ1n) is 7.51. The average Bonchev–Trinajstić information content (AvgIpc) is 3.18. The molecule has 112 valence electrons. The van der Waals surface area contributed by atoms with Crippen LogP contribution in [-0.4, -0.2) is 35.7 Å². The van der Waals surface area contributed by atoms with Gasteiger partial charge in [0, 0.05) is 11.0 Å². The zero-order valence-corrected chi connectivity index (χ0v) is 13.8. The molecule has 0 aromatic heterocycles. The van der Waals surface area contributed by atoms with Gasteiger partial charge in [-0.3, -0.25) is 4.79 Å². The topological polar surface area (TPSA) is 38.3 Å². The van der Waals surface area contributed by atoms with Crippen molar-refractivity contribution in [3.8, 4) is 0 Å². The normalized spacial score (nSPS) is 20.1. The Bertz CT molecular complexity index is 292. The lowest BCUT2D eigenvalue weighted by atomic mass is 9.95. The van der Waals surface area contributed by atoms with Gasteiger partial charge in [-0.25, -0.2) is 0 Å². The Balaban J connectivity index is 2.75. The minimum absolute atomic E-state index is 0.0530. The van der Waals surface area contributed by atoms with Gasteiger partial charge in [-0.2, -0.15) is 11.8 Å². The van der Waals surface area contributed by atoms with E-state index in [4.69, 9.17) is 4.74 Å². The predicted molar refractivity (Wildman–Crippen MR) is 82.5 cm³/mol. The summed E-state index contributed by atoms with van der Waals surface area (Å²) in [7, 11) is 0. The molecule has 3 nitrogen and oxygen atoms in total. The summed E-state index contributed by atoms with van der Waals surface area (Å²) < 4.78 is 5.34. The molecule has 1 fully saturated rings. The number of carbonyl (C=O) groups excluding carboxylic acids is 1. The molecule has 0 aliphatic heterocycles. The van der Waals surface area contributed by atoms with Gasteiger partial charge in [0.15, 0.2) is 0 Å². The van der Waals surface area contributed by atoms with Crippen LogP contribution in [0.4, 0.5) is 0 Å². The SMILES string of the molecule is CCNC(CSC(C)C(C)C)(C(=O)OCC)C1CC1. The van der Waals surface area contributed by atoms with Crippen molar-refractivity contribution in [3.05, 3.63) is 0 Å². The van der Waals surface area contributed by atoms with Crippen molar-refractivity contribution < 1.29 is 9.53 Å². The Morgan fingerprint density at radius 2 is 2.00 bits per heavy atom. The fraction of sp³-hybridized carbons (Fsp3) is 0.933. The van der Waals surface area contributed by atoms with Gasteiger partial charge in [-0.1, -0.05) is 27.7 Å². The molecular weight excluding hydrogens is 258 g/mol. The standard InChI is InChI=1S/C15H29NO2S/c1-6-16-15(13-8-9-13,14(17)18-7-2)10-19-12(5)11(3)4/h11-13,16H,6-10H2,1-5H3. The first-order valence-corrected chi connectivity index (χ1v) is 8.56. The first-order chi connectivity index (χ1) is 8.97. The number of carbonyl (C=O) groups is 1. The molecule has 1 N–H and O–H groups in total. The van der Waals surface area contributed by atoms with E-state index in [1.807, 2.05) is 18.7 Å². The van der Waals surface area contributed by atoms with Crippen molar-refractivity contribution in [3.63, 3.8) is 0 Å². The molecule has 1 saturated carbocycles. The molecule has 4 heteroatoms. The summed E-state index contributed by atoms with van der Waals surface area (Å²) in [5, 5.41) is 4.00. The Labute approximate surface area is 122 Å². The number of thioether (sulfide) groups is 1. The van der Waals surface area contributed by atoms with Crippen LogP contribution >= 0.6 is 11.8 Å². The second-order valence-electron chi connectivity index (χ2n) is 5.76. The lowest BCUT2D eigenvalue weighted by Crippen LogP contribution is -2.57. The van der Waals surface area contributed by atoms with Crippen LogP contribution in [0.2, 0.25) is 0 Å². The summed E-state index contributed by atoms with van der Waals surface area (Å²) in [4.78, 5) is 12.4. The van der Waals surface area contributed by atoms with Crippen molar-refractivity contribution in [2.75, 3.05) is 18.9 Å². The fourth-order valence-electron chi connectivity index (χ4n) is 2.22. The summed E-state index contributed by atoms with van der Waals surface area (Å²) in [5.41, 5.74) is -0.460. The fourth-order valence-corrected chi connectivity index (χ4v) is 3.58. The molecule has 0 radical (unpaired) electrons. The van der Waals surface area contributed by atoms with Crippen LogP contribution in [-0.2, 0) is 9.53 Å². The molecule has 0 aromatic rings. The van der Waals surface area contributed by atoms with Crippen LogP contribution in [0.3, 0.4) is 0 Å². The van der Waals surface area contributed by atoms with Crippen molar-refractivity contribution in [2.45, 2.75) is 58.2 Å². The van der Waals surface area contributed by atoms with E-state index in [-0.39, 0.29) is 5.97 Å². The quantitative estimate of drug-likeness (QED) is 0.661. The maximum absolute atomic E-state index is 12.4. The third kappa shape index (κ3) is 4.38. The molecule has 1 rings (SSSR count). The lowest BCUT2D eigenvalue weighted by molar-refractivity contribution is -0.151. The van der Waals surface area contributed by atoms with E-state index in [9.17, 15) is 4.79 Å². The minimum Gasteiger partial charge on any atom is -0.465 e. The summed E-state index contributed by atoms with van der Waals surface area (Å²) in [6, 6.07) is 0. The molecule has 0 amide bonds. The maximum Gasteiger partial charge on any atom is 0.327 e. The zero-order valence-electron chi connectivity index (χ0n) is 13.0. The second kappa shape index (κ2) is 7.53. The van der Waals surface area contributed by atoms with E-state index in [2.05, 4.69) is 33.0 Å². The zero-order chi connectivity index (χ0) is 14.5. The highest BCUT2D eigenvalue weighted by Crippen LogP contribution is 2.43. The molecule has 1 aliphatic rings. The van der Waals surface area contributed by atoms with Crippen molar-refractivity contribution in [1.82, 2.24) is 5.32 Å². The Morgan fingerprint density at radius 3 is 2.42 bits per heavy atom. The molecule has 0 spiro atoms. The van der Waals surface area contributed by atoms with Crippen LogP contribution in [0.15, 0.2) is 0 Å². The van der Waals surface area contributed by atoms with Crippen LogP contribution in [0.5, 0.6) is 0 Å². The number of esters is 1.